The van der Waals surface area contributed by atoms with Gasteiger partial charge in [0.2, 0.25) is 0 Å². The lowest BCUT2D eigenvalue weighted by molar-refractivity contribution is 0.659. The average Bonchev–Trinajstić information content (AvgIpc) is 3.86. The molecule has 0 heterocycles. The highest BCUT2D eigenvalue weighted by Crippen LogP contribution is 2.59. The monoisotopic (exact) mass is 729 g/mol. The van der Waals surface area contributed by atoms with E-state index >= 15 is 0 Å². The van der Waals surface area contributed by atoms with Gasteiger partial charge in [-0.1, -0.05) is 178 Å². The highest BCUT2D eigenvalue weighted by atomic mass is 15.1. The van der Waals surface area contributed by atoms with Crippen LogP contribution in [0.25, 0.3) is 33.4 Å². The van der Waals surface area contributed by atoms with Crippen LogP contribution in [-0.2, 0) is 36.8 Å². The summed E-state index contributed by atoms with van der Waals surface area (Å²) in [5, 5.41) is 0. The van der Waals surface area contributed by atoms with Crippen molar-refractivity contribution in [3.05, 3.63) is 243 Å². The van der Waals surface area contributed by atoms with E-state index in [2.05, 4.69) is 195 Å². The van der Waals surface area contributed by atoms with Crippen LogP contribution in [-0.4, -0.2) is 0 Å². The quantitative estimate of drug-likeness (QED) is 0.170. The summed E-state index contributed by atoms with van der Waals surface area (Å²) in [4.78, 5) is 2.65. The maximum Gasteiger partial charge on any atom is 0.0719 e. The van der Waals surface area contributed by atoms with Crippen molar-refractivity contribution in [2.75, 3.05) is 4.90 Å². The van der Waals surface area contributed by atoms with E-state index in [0.717, 1.165) is 25.9 Å². The van der Waals surface area contributed by atoms with Crippen molar-refractivity contribution in [3.63, 3.8) is 0 Å². The molecule has 0 aliphatic heterocycles. The zero-order valence-corrected chi connectivity index (χ0v) is 32.5. The Bertz CT molecular complexity index is 2920. The molecule has 1 heteroatoms. The van der Waals surface area contributed by atoms with Gasteiger partial charge in [-0.05, 0) is 125 Å². The van der Waals surface area contributed by atoms with Gasteiger partial charge in [0.1, 0.15) is 0 Å². The van der Waals surface area contributed by atoms with Gasteiger partial charge in [0.25, 0.3) is 0 Å². The van der Waals surface area contributed by atoms with Crippen molar-refractivity contribution in [2.45, 2.75) is 50.6 Å². The first-order chi connectivity index (χ1) is 28.0. The summed E-state index contributed by atoms with van der Waals surface area (Å²) in [5.41, 5.74) is 26.0. The van der Waals surface area contributed by atoms with Gasteiger partial charge < -0.3 is 4.90 Å². The van der Waals surface area contributed by atoms with Gasteiger partial charge in [-0.25, -0.2) is 0 Å². The van der Waals surface area contributed by atoms with Crippen LogP contribution in [0.15, 0.2) is 176 Å². The Kier molecular flexibility index (Phi) is 6.92. The van der Waals surface area contributed by atoms with Gasteiger partial charge in [0.15, 0.2) is 0 Å². The molecule has 4 aliphatic carbocycles. The Labute approximate surface area is 335 Å². The zero-order chi connectivity index (χ0) is 37.9. The van der Waals surface area contributed by atoms with E-state index < -0.39 is 0 Å². The van der Waals surface area contributed by atoms with Crippen LogP contribution in [0.2, 0.25) is 0 Å². The number of hydrogen-bond acceptors (Lipinski definition) is 1. The van der Waals surface area contributed by atoms with Crippen LogP contribution in [0.1, 0.15) is 80.6 Å². The second-order valence-corrected chi connectivity index (χ2v) is 17.2. The average molecular weight is 730 g/mol. The third kappa shape index (κ3) is 4.57. The van der Waals surface area contributed by atoms with Gasteiger partial charge in [-0.2, -0.15) is 0 Å². The summed E-state index contributed by atoms with van der Waals surface area (Å²) in [5.74, 6) is 0. The number of anilines is 1. The molecular weight excluding hydrogens is 687 g/mol. The molecule has 0 amide bonds. The van der Waals surface area contributed by atoms with Crippen molar-refractivity contribution in [3.8, 4) is 33.4 Å². The molecule has 0 fully saturated rings. The number of rotatable bonds is 5. The fourth-order valence-electron chi connectivity index (χ4n) is 11.4. The Balaban J connectivity index is 1.03. The molecular formula is C56H43N. The van der Waals surface area contributed by atoms with Crippen molar-refractivity contribution < 1.29 is 0 Å². The van der Waals surface area contributed by atoms with Gasteiger partial charge >= 0.3 is 0 Å². The molecule has 8 aromatic carbocycles. The fraction of sp³-hybridized carbons (Fsp3) is 0.143. The lowest BCUT2D eigenvalue weighted by atomic mass is 9.61. The van der Waals surface area contributed by atoms with Gasteiger partial charge in [0, 0.05) is 24.2 Å². The van der Waals surface area contributed by atoms with E-state index in [1.807, 2.05) is 0 Å². The van der Waals surface area contributed by atoms with Gasteiger partial charge in [0.05, 0.1) is 5.41 Å². The summed E-state index contributed by atoms with van der Waals surface area (Å²) >= 11 is 0. The molecule has 0 unspecified atom stereocenters. The van der Waals surface area contributed by atoms with Crippen molar-refractivity contribution in [2.24, 2.45) is 0 Å². The standard InChI is InChI=1S/C56H43N/c1-55(2)49-23-10-6-19-44(49)47-29-28-42(33-53(47)55)57(35-41-17-13-16-40-31-37-14-3-5-18-43(37)54(40)41)34-36-26-27-39-32-38-15-4-9-22-48(38)56(52(39)30-36)50-24-11-7-20-45(50)46-21-8-12-25-51(46)56/h3-30,33H,31-32,34-35H2,1-2H3. The molecule has 8 aromatic rings. The maximum absolute atomic E-state index is 2.65. The smallest absolute Gasteiger partial charge is 0.0719 e. The molecule has 0 radical (unpaired) electrons. The van der Waals surface area contributed by atoms with Crippen molar-refractivity contribution in [1.29, 1.82) is 0 Å². The molecule has 0 saturated heterocycles. The SMILES string of the molecule is CC1(C)c2ccccc2-c2ccc(N(Cc3ccc4c(c3)C3(c5ccccc5C4)c4ccccc4-c4ccccc43)Cc3cccc4c3-c3ccccc3C4)cc21. The molecule has 57 heavy (non-hydrogen) atoms. The Morgan fingerprint density at radius 3 is 1.72 bits per heavy atom. The van der Waals surface area contributed by atoms with Crippen LogP contribution >= 0.6 is 0 Å². The van der Waals surface area contributed by atoms with Gasteiger partial charge in [-0.3, -0.25) is 0 Å². The summed E-state index contributed by atoms with van der Waals surface area (Å²) in [7, 11) is 0. The van der Waals surface area contributed by atoms with E-state index in [-0.39, 0.29) is 10.8 Å². The number of benzene rings is 8. The fourth-order valence-corrected chi connectivity index (χ4v) is 11.4. The number of nitrogens with zero attached hydrogens (tertiary/aromatic N) is 1. The topological polar surface area (TPSA) is 3.24 Å². The Morgan fingerprint density at radius 2 is 0.965 bits per heavy atom. The first-order valence-corrected chi connectivity index (χ1v) is 20.6. The van der Waals surface area contributed by atoms with Crippen molar-refractivity contribution >= 4 is 5.69 Å². The van der Waals surface area contributed by atoms with Gasteiger partial charge in [-0.15, -0.1) is 0 Å². The Morgan fingerprint density at radius 1 is 0.404 bits per heavy atom. The minimum atomic E-state index is -0.370. The highest BCUT2D eigenvalue weighted by Gasteiger charge is 2.49. The number of fused-ring (bicyclic) bond motifs is 15. The van der Waals surface area contributed by atoms with E-state index in [9.17, 15) is 0 Å². The molecule has 1 spiro atoms. The van der Waals surface area contributed by atoms with Crippen LogP contribution in [0, 0.1) is 0 Å². The van der Waals surface area contributed by atoms with E-state index in [4.69, 9.17) is 0 Å². The van der Waals surface area contributed by atoms with Crippen LogP contribution in [0.3, 0.4) is 0 Å². The zero-order valence-electron chi connectivity index (χ0n) is 32.5. The molecule has 0 saturated carbocycles. The van der Waals surface area contributed by atoms with Crippen LogP contribution in [0.5, 0.6) is 0 Å². The summed E-state index contributed by atoms with van der Waals surface area (Å²) in [6.45, 7) is 6.40. The minimum Gasteiger partial charge on any atom is -0.363 e. The second kappa shape index (κ2) is 12.0. The third-order valence-corrected chi connectivity index (χ3v) is 13.9. The molecule has 4 aliphatic rings. The normalized spacial score (nSPS) is 15.1. The lowest BCUT2D eigenvalue weighted by Gasteiger charge is -2.40. The molecule has 0 bridgehead atoms. The second-order valence-electron chi connectivity index (χ2n) is 17.2. The molecule has 0 aromatic heterocycles. The first kappa shape index (κ1) is 32.8. The minimum absolute atomic E-state index is 0.0740. The number of hydrogen-bond donors (Lipinski definition) is 0. The third-order valence-electron chi connectivity index (χ3n) is 13.9. The largest absolute Gasteiger partial charge is 0.363 e. The predicted molar refractivity (Wildman–Crippen MR) is 235 cm³/mol. The highest BCUT2D eigenvalue weighted by molar-refractivity contribution is 5.88. The van der Waals surface area contributed by atoms with E-state index in [1.54, 1.807) is 0 Å². The molecule has 0 N–H and O–H groups in total. The first-order valence-electron chi connectivity index (χ1n) is 20.6. The summed E-state index contributed by atoms with van der Waals surface area (Å²) in [6, 6.07) is 67.2. The van der Waals surface area contributed by atoms with Crippen molar-refractivity contribution in [1.82, 2.24) is 0 Å². The Hall–Kier alpha value is -6.44. The maximum atomic E-state index is 2.65. The van der Waals surface area contributed by atoms with E-state index in [1.165, 1.54) is 106 Å². The molecule has 12 rings (SSSR count). The van der Waals surface area contributed by atoms with Crippen LogP contribution < -0.4 is 4.90 Å². The lowest BCUT2D eigenvalue weighted by Crippen LogP contribution is -2.34. The molecule has 272 valence electrons. The predicted octanol–water partition coefficient (Wildman–Crippen LogP) is 13.0. The van der Waals surface area contributed by atoms with E-state index in [0.29, 0.717) is 0 Å². The summed E-state index contributed by atoms with van der Waals surface area (Å²) in [6.07, 6.45) is 1.94. The molecule has 0 atom stereocenters. The van der Waals surface area contributed by atoms with Crippen LogP contribution in [0.4, 0.5) is 5.69 Å². The molecule has 1 nitrogen and oxygen atoms in total. The summed E-state index contributed by atoms with van der Waals surface area (Å²) < 4.78 is 0.